The molecule has 0 aliphatic carbocycles. The summed E-state index contributed by atoms with van der Waals surface area (Å²) in [5.74, 6) is 2.73. The lowest BCUT2D eigenvalue weighted by molar-refractivity contribution is 0.415. The van der Waals surface area contributed by atoms with Crippen LogP contribution in [0.3, 0.4) is 0 Å². The van der Waals surface area contributed by atoms with Crippen molar-refractivity contribution in [2.75, 3.05) is 38.7 Å². The number of hydrogen-bond acceptors (Lipinski definition) is 4. The number of rotatable bonds is 6. The number of H-pyrrole nitrogens is 1. The van der Waals surface area contributed by atoms with Gasteiger partial charge in [-0.1, -0.05) is 24.3 Å². The van der Waals surface area contributed by atoms with Gasteiger partial charge in [-0.2, -0.15) is 0 Å². The highest BCUT2D eigenvalue weighted by Crippen LogP contribution is 2.30. The first-order valence-electron chi connectivity index (χ1n) is 10.1. The lowest BCUT2D eigenvalue weighted by Crippen LogP contribution is -2.45. The molecular weight excluding hydrogens is 364 g/mol. The van der Waals surface area contributed by atoms with Gasteiger partial charge in [0.15, 0.2) is 5.96 Å². The Morgan fingerprint density at radius 2 is 2.07 bits per heavy atom. The van der Waals surface area contributed by atoms with E-state index in [1.54, 1.807) is 7.11 Å². The van der Waals surface area contributed by atoms with Gasteiger partial charge in [-0.3, -0.25) is 4.99 Å². The molecule has 7 nitrogen and oxygen atoms in total. The molecule has 1 saturated heterocycles. The molecule has 2 heterocycles. The van der Waals surface area contributed by atoms with Crippen LogP contribution in [0.5, 0.6) is 5.75 Å². The minimum Gasteiger partial charge on any atom is -0.495 e. The zero-order valence-electron chi connectivity index (χ0n) is 17.0. The summed E-state index contributed by atoms with van der Waals surface area (Å²) in [4.78, 5) is 14.7. The molecule has 0 spiro atoms. The molecule has 4 rings (SSSR count). The summed E-state index contributed by atoms with van der Waals surface area (Å²) in [5, 5.41) is 6.94. The summed E-state index contributed by atoms with van der Waals surface area (Å²) >= 11 is 0. The molecule has 152 valence electrons. The van der Waals surface area contributed by atoms with Crippen molar-refractivity contribution in [2.45, 2.75) is 18.9 Å². The minimum atomic E-state index is 0.345. The number of benzene rings is 2. The summed E-state index contributed by atoms with van der Waals surface area (Å²) in [6, 6.07) is 16.6. The van der Waals surface area contributed by atoms with Crippen LogP contribution in [0.2, 0.25) is 0 Å². The maximum Gasteiger partial charge on any atom is 0.191 e. The summed E-state index contributed by atoms with van der Waals surface area (Å²) in [5.41, 5.74) is 3.23. The fourth-order valence-electron chi connectivity index (χ4n) is 3.80. The Hall–Kier alpha value is -3.22. The van der Waals surface area contributed by atoms with Gasteiger partial charge >= 0.3 is 0 Å². The quantitative estimate of drug-likeness (QED) is 0.444. The molecule has 7 heteroatoms. The van der Waals surface area contributed by atoms with Gasteiger partial charge in [-0.25, -0.2) is 4.98 Å². The van der Waals surface area contributed by atoms with Gasteiger partial charge in [-0.05, 0) is 30.7 Å². The Bertz CT molecular complexity index is 949. The molecule has 29 heavy (non-hydrogen) atoms. The largest absolute Gasteiger partial charge is 0.495 e. The van der Waals surface area contributed by atoms with Crippen LogP contribution in [-0.4, -0.2) is 55.8 Å². The van der Waals surface area contributed by atoms with E-state index >= 15 is 0 Å². The molecule has 0 radical (unpaired) electrons. The van der Waals surface area contributed by atoms with Gasteiger partial charge < -0.3 is 25.3 Å². The van der Waals surface area contributed by atoms with Crippen LogP contribution in [0.15, 0.2) is 53.5 Å². The van der Waals surface area contributed by atoms with E-state index < -0.39 is 0 Å². The number of aromatic amines is 1. The number of guanidine groups is 1. The van der Waals surface area contributed by atoms with Crippen LogP contribution < -0.4 is 20.3 Å². The van der Waals surface area contributed by atoms with Gasteiger partial charge in [0, 0.05) is 39.1 Å². The van der Waals surface area contributed by atoms with Crippen LogP contribution in [0.1, 0.15) is 12.2 Å². The normalized spacial score (nSPS) is 17.0. The van der Waals surface area contributed by atoms with E-state index in [4.69, 9.17) is 4.74 Å². The lowest BCUT2D eigenvalue weighted by Gasteiger charge is -2.22. The van der Waals surface area contributed by atoms with Crippen molar-refractivity contribution in [3.8, 4) is 5.75 Å². The first-order valence-corrected chi connectivity index (χ1v) is 10.1. The highest BCUT2D eigenvalue weighted by atomic mass is 16.5. The number of fused-ring (bicyclic) bond motifs is 1. The van der Waals surface area contributed by atoms with E-state index in [1.165, 1.54) is 0 Å². The Morgan fingerprint density at radius 3 is 2.90 bits per heavy atom. The average Bonchev–Trinajstić information content (AvgIpc) is 3.39. The first-order chi connectivity index (χ1) is 14.3. The highest BCUT2D eigenvalue weighted by molar-refractivity contribution is 5.80. The number of nitrogens with zero attached hydrogens (tertiary/aromatic N) is 3. The van der Waals surface area contributed by atoms with Gasteiger partial charge in [0.05, 0.1) is 23.8 Å². The second-order valence-corrected chi connectivity index (χ2v) is 7.20. The molecule has 1 aromatic heterocycles. The molecule has 2 aromatic carbocycles. The molecule has 1 aliphatic rings. The number of hydrogen-bond donors (Lipinski definition) is 3. The number of para-hydroxylation sites is 4. The zero-order chi connectivity index (χ0) is 20.1. The van der Waals surface area contributed by atoms with E-state index in [0.29, 0.717) is 6.04 Å². The summed E-state index contributed by atoms with van der Waals surface area (Å²) in [6.07, 6.45) is 1.87. The number of nitrogens with one attached hydrogen (secondary N) is 3. The van der Waals surface area contributed by atoms with E-state index in [0.717, 1.165) is 66.7 Å². The Labute approximate surface area is 171 Å². The molecule has 1 fully saturated rings. The van der Waals surface area contributed by atoms with Crippen molar-refractivity contribution in [1.29, 1.82) is 0 Å². The molecule has 3 N–H and O–H groups in total. The van der Waals surface area contributed by atoms with Crippen LogP contribution >= 0.6 is 0 Å². The summed E-state index contributed by atoms with van der Waals surface area (Å²) in [7, 11) is 3.53. The molecule has 0 saturated carbocycles. The number of aliphatic imine (C=N–C) groups is 1. The molecule has 0 amide bonds. The van der Waals surface area contributed by atoms with Crippen molar-refractivity contribution in [2.24, 2.45) is 4.99 Å². The molecule has 0 bridgehead atoms. The van der Waals surface area contributed by atoms with E-state index in [1.807, 2.05) is 43.4 Å². The van der Waals surface area contributed by atoms with Crippen LogP contribution in [0.4, 0.5) is 5.69 Å². The fourth-order valence-corrected chi connectivity index (χ4v) is 3.80. The van der Waals surface area contributed by atoms with Gasteiger partial charge in [-0.15, -0.1) is 0 Å². The second-order valence-electron chi connectivity index (χ2n) is 7.20. The molecule has 1 unspecified atom stereocenters. The average molecular weight is 393 g/mol. The van der Waals surface area contributed by atoms with Crippen molar-refractivity contribution < 1.29 is 4.74 Å². The molecule has 1 aliphatic heterocycles. The third kappa shape index (κ3) is 4.45. The third-order valence-electron chi connectivity index (χ3n) is 5.27. The second kappa shape index (κ2) is 8.86. The molecule has 3 aromatic rings. The number of anilines is 1. The minimum absolute atomic E-state index is 0.345. The number of imidazole rings is 1. The number of ether oxygens (including phenoxy) is 1. The van der Waals surface area contributed by atoms with Crippen molar-refractivity contribution in [3.05, 3.63) is 54.4 Å². The topological polar surface area (TPSA) is 77.6 Å². The summed E-state index contributed by atoms with van der Waals surface area (Å²) < 4.78 is 5.51. The first kappa shape index (κ1) is 19.1. The van der Waals surface area contributed by atoms with E-state index in [2.05, 4.69) is 42.6 Å². The lowest BCUT2D eigenvalue weighted by atomic mass is 10.2. The highest BCUT2D eigenvalue weighted by Gasteiger charge is 2.25. The van der Waals surface area contributed by atoms with Crippen LogP contribution in [0, 0.1) is 0 Å². The standard InChI is InChI=1S/C22H28N6O/c1-23-22(24-13-11-21-26-17-7-3-4-8-18(17)27-21)25-16-12-14-28(15-16)19-9-5-6-10-20(19)29-2/h3-10,16H,11-15H2,1-2H3,(H,26,27)(H2,23,24,25). The van der Waals surface area contributed by atoms with Gasteiger partial charge in [0.25, 0.3) is 0 Å². The van der Waals surface area contributed by atoms with E-state index in [-0.39, 0.29) is 0 Å². The molecule has 1 atom stereocenters. The van der Waals surface area contributed by atoms with Crippen LogP contribution in [-0.2, 0) is 6.42 Å². The van der Waals surface area contributed by atoms with E-state index in [9.17, 15) is 0 Å². The monoisotopic (exact) mass is 392 g/mol. The maximum atomic E-state index is 5.51. The van der Waals surface area contributed by atoms with Gasteiger partial charge in [0.2, 0.25) is 0 Å². The van der Waals surface area contributed by atoms with Crippen molar-refractivity contribution in [3.63, 3.8) is 0 Å². The smallest absolute Gasteiger partial charge is 0.191 e. The number of methoxy groups -OCH3 is 1. The maximum absolute atomic E-state index is 5.51. The number of aromatic nitrogens is 2. The third-order valence-corrected chi connectivity index (χ3v) is 5.27. The van der Waals surface area contributed by atoms with Crippen LogP contribution in [0.25, 0.3) is 11.0 Å². The Balaban J connectivity index is 1.28. The Kier molecular flexibility index (Phi) is 5.84. The van der Waals surface area contributed by atoms with Gasteiger partial charge in [0.1, 0.15) is 11.6 Å². The zero-order valence-corrected chi connectivity index (χ0v) is 17.0. The summed E-state index contributed by atoms with van der Waals surface area (Å²) in [6.45, 7) is 2.68. The predicted molar refractivity (Wildman–Crippen MR) is 118 cm³/mol. The predicted octanol–water partition coefficient (Wildman–Crippen LogP) is 2.56. The molecular formula is C22H28N6O. The fraction of sp³-hybridized carbons (Fsp3) is 0.364. The van der Waals surface area contributed by atoms with Crippen molar-refractivity contribution in [1.82, 2.24) is 20.6 Å². The van der Waals surface area contributed by atoms with Crippen molar-refractivity contribution >= 4 is 22.7 Å². The Morgan fingerprint density at radius 1 is 1.24 bits per heavy atom. The SMILES string of the molecule is CN=C(NCCc1nc2ccccc2[nH]1)NC1CCN(c2ccccc2OC)C1.